The minimum atomic E-state index is -5.73. The van der Waals surface area contributed by atoms with Gasteiger partial charge in [-0.15, -0.1) is 0 Å². The van der Waals surface area contributed by atoms with Crippen molar-refractivity contribution in [3.05, 3.63) is 12.7 Å². The second kappa shape index (κ2) is 10.5. The lowest BCUT2D eigenvalue weighted by atomic mass is 9.96. The SMILES string of the molecule is CC[C@@H](COP(=O)(O)OP(=O)(O)OP(=O)(O)O)[C@@H](O)[C@@H](F)[C@@H](O)n1cnc2c(N)ncnc21. The third-order valence-electron chi connectivity index (χ3n) is 4.16. The monoisotopic (exact) mass is 539 g/mol. The number of phosphoric acid groups is 3. The van der Waals surface area contributed by atoms with Gasteiger partial charge in [0.15, 0.2) is 23.9 Å². The Kier molecular flexibility index (Phi) is 8.84. The van der Waals surface area contributed by atoms with Crippen LogP contribution < -0.4 is 5.73 Å². The topological polar surface area (TPSA) is 270 Å². The maximum atomic E-state index is 14.9. The van der Waals surface area contributed by atoms with E-state index in [0.29, 0.717) is 0 Å². The van der Waals surface area contributed by atoms with E-state index in [2.05, 4.69) is 28.1 Å². The van der Waals surface area contributed by atoms with E-state index in [1.807, 2.05) is 0 Å². The predicted molar refractivity (Wildman–Crippen MR) is 105 cm³/mol. The van der Waals surface area contributed by atoms with E-state index >= 15 is 0 Å². The fourth-order valence-electron chi connectivity index (χ4n) is 2.60. The van der Waals surface area contributed by atoms with Crippen LogP contribution in [0.15, 0.2) is 12.7 Å². The highest BCUT2D eigenvalue weighted by molar-refractivity contribution is 7.66. The van der Waals surface area contributed by atoms with Crippen LogP contribution in [0.5, 0.6) is 0 Å². The van der Waals surface area contributed by atoms with E-state index in [1.54, 1.807) is 0 Å². The Balaban J connectivity index is 2.08. The number of imidazole rings is 1. The molecule has 17 nitrogen and oxygen atoms in total. The standard InChI is InChI=1S/C12H21FN5O12P3/c1-2-6(3-28-32(24,25)30-33(26,27)29-31(21,22)23)9(19)7(13)12(20)18-5-17-8-10(14)15-4-16-11(8)18/h4-7,9,12,19-20H,2-3H2,1H3,(H,24,25)(H,26,27)(H2,14,15,16)(H2,21,22,23)/t6-,7+,9+,12+/m0/s1. The van der Waals surface area contributed by atoms with Crippen LogP contribution in [0, 0.1) is 5.92 Å². The van der Waals surface area contributed by atoms with Crippen molar-refractivity contribution in [1.29, 1.82) is 0 Å². The molecule has 0 bridgehead atoms. The van der Waals surface area contributed by atoms with Crippen LogP contribution >= 0.6 is 23.5 Å². The van der Waals surface area contributed by atoms with Crippen molar-refractivity contribution in [1.82, 2.24) is 19.5 Å². The minimum Gasteiger partial charge on any atom is -0.390 e. The number of aromatic nitrogens is 4. The zero-order valence-corrected chi connectivity index (χ0v) is 19.3. The number of nitrogens with two attached hydrogens (primary N) is 1. The fraction of sp³-hybridized carbons (Fsp3) is 0.583. The largest absolute Gasteiger partial charge is 0.490 e. The maximum Gasteiger partial charge on any atom is 0.490 e. The average molecular weight is 539 g/mol. The van der Waals surface area contributed by atoms with Gasteiger partial charge in [0.2, 0.25) is 0 Å². The number of nitrogens with zero attached hydrogens (tertiary/aromatic N) is 4. The number of nitrogen functional groups attached to an aromatic ring is 1. The van der Waals surface area contributed by atoms with Crippen LogP contribution in [-0.4, -0.2) is 68.2 Å². The first-order valence-electron chi connectivity index (χ1n) is 8.78. The Hall–Kier alpha value is -1.39. The lowest BCUT2D eigenvalue weighted by Gasteiger charge is -2.28. The molecule has 2 rings (SSSR count). The van der Waals surface area contributed by atoms with E-state index in [-0.39, 0.29) is 23.4 Å². The van der Waals surface area contributed by atoms with Crippen molar-refractivity contribution in [2.45, 2.75) is 31.8 Å². The van der Waals surface area contributed by atoms with Crippen molar-refractivity contribution in [3.8, 4) is 0 Å². The highest BCUT2D eigenvalue weighted by atomic mass is 31.3. The fourth-order valence-corrected chi connectivity index (χ4v) is 5.68. The van der Waals surface area contributed by atoms with E-state index in [1.165, 1.54) is 6.92 Å². The van der Waals surface area contributed by atoms with Crippen LogP contribution in [-0.2, 0) is 26.8 Å². The van der Waals surface area contributed by atoms with Crippen molar-refractivity contribution < 1.29 is 61.0 Å². The summed E-state index contributed by atoms with van der Waals surface area (Å²) in [5.41, 5.74) is 5.64. The van der Waals surface area contributed by atoms with Crippen LogP contribution in [0.1, 0.15) is 19.6 Å². The van der Waals surface area contributed by atoms with Crippen LogP contribution in [0.2, 0.25) is 0 Å². The number of rotatable bonds is 12. The Morgan fingerprint density at radius 3 is 2.30 bits per heavy atom. The van der Waals surface area contributed by atoms with Crippen molar-refractivity contribution in [2.24, 2.45) is 5.92 Å². The molecule has 0 aromatic carbocycles. The number of alkyl halides is 1. The molecule has 0 radical (unpaired) electrons. The molecule has 188 valence electrons. The molecule has 2 aromatic heterocycles. The van der Waals surface area contributed by atoms with Crippen LogP contribution in [0.25, 0.3) is 11.2 Å². The first-order valence-corrected chi connectivity index (χ1v) is 13.3. The van der Waals surface area contributed by atoms with Gasteiger partial charge in [-0.2, -0.15) is 8.62 Å². The molecule has 21 heteroatoms. The summed E-state index contributed by atoms with van der Waals surface area (Å²) in [7, 11) is -16.8. The van der Waals surface area contributed by atoms with Crippen LogP contribution in [0.4, 0.5) is 10.2 Å². The highest BCUT2D eigenvalue weighted by Crippen LogP contribution is 2.66. The number of hydrogen-bond donors (Lipinski definition) is 7. The van der Waals surface area contributed by atoms with Gasteiger partial charge < -0.3 is 35.5 Å². The summed E-state index contributed by atoms with van der Waals surface area (Å²) in [6.45, 7) is 0.488. The molecule has 0 spiro atoms. The van der Waals surface area contributed by atoms with Gasteiger partial charge in [-0.05, 0) is 6.42 Å². The summed E-state index contributed by atoms with van der Waals surface area (Å²) in [6.07, 6.45) is -4.47. The highest BCUT2D eigenvalue weighted by Gasteiger charge is 2.42. The first-order chi connectivity index (χ1) is 15.1. The smallest absolute Gasteiger partial charge is 0.390 e. The Morgan fingerprint density at radius 1 is 1.09 bits per heavy atom. The van der Waals surface area contributed by atoms with Gasteiger partial charge >= 0.3 is 23.5 Å². The molecule has 0 saturated heterocycles. The predicted octanol–water partition coefficient (Wildman–Crippen LogP) is -0.0321. The number of aliphatic hydroxyl groups is 2. The molecule has 6 atom stereocenters. The zero-order valence-electron chi connectivity index (χ0n) is 16.6. The van der Waals surface area contributed by atoms with Gasteiger partial charge in [0.25, 0.3) is 0 Å². The lowest BCUT2D eigenvalue weighted by molar-refractivity contribution is -0.0746. The summed E-state index contributed by atoms with van der Waals surface area (Å²) in [5, 5.41) is 20.6. The maximum absolute atomic E-state index is 14.9. The van der Waals surface area contributed by atoms with E-state index in [4.69, 9.17) is 20.4 Å². The number of fused-ring (bicyclic) bond motifs is 1. The molecule has 0 aliphatic heterocycles. The molecule has 2 unspecified atom stereocenters. The third-order valence-corrected chi connectivity index (χ3v) is 7.96. The normalized spacial score (nSPS) is 20.0. The molecule has 8 N–H and O–H groups in total. The van der Waals surface area contributed by atoms with E-state index in [9.17, 15) is 33.2 Å². The molecule has 2 heterocycles. The second-order valence-electron chi connectivity index (χ2n) is 6.49. The number of phosphoric ester groups is 1. The molecule has 2 aromatic rings. The third kappa shape index (κ3) is 7.55. The zero-order chi connectivity index (χ0) is 25.2. The molecule has 0 fully saturated rings. The van der Waals surface area contributed by atoms with Gasteiger partial charge in [-0.3, -0.25) is 9.09 Å². The Labute approximate surface area is 184 Å². The summed E-state index contributed by atoms with van der Waals surface area (Å²) < 4.78 is 61.0. The average Bonchev–Trinajstić information content (AvgIpc) is 3.09. The number of hydrogen-bond acceptors (Lipinski definition) is 12. The molecule has 0 aliphatic carbocycles. The lowest BCUT2D eigenvalue weighted by Crippen LogP contribution is -2.38. The molecular formula is C12H21FN5O12P3. The van der Waals surface area contributed by atoms with E-state index in [0.717, 1.165) is 17.2 Å². The van der Waals surface area contributed by atoms with Crippen molar-refractivity contribution in [3.63, 3.8) is 0 Å². The van der Waals surface area contributed by atoms with Crippen LogP contribution in [0.3, 0.4) is 0 Å². The molecular weight excluding hydrogens is 518 g/mol. The Bertz CT molecular complexity index is 1110. The van der Waals surface area contributed by atoms with Gasteiger partial charge in [0, 0.05) is 5.92 Å². The van der Waals surface area contributed by atoms with Gasteiger partial charge in [0.05, 0.1) is 19.0 Å². The number of halogens is 1. The summed E-state index contributed by atoms with van der Waals surface area (Å²) in [4.78, 5) is 47.0. The van der Waals surface area contributed by atoms with E-state index < -0.39 is 54.5 Å². The van der Waals surface area contributed by atoms with Gasteiger partial charge in [0.1, 0.15) is 11.8 Å². The van der Waals surface area contributed by atoms with Gasteiger partial charge in [-0.25, -0.2) is 33.0 Å². The van der Waals surface area contributed by atoms with Crippen molar-refractivity contribution >= 4 is 40.4 Å². The molecule has 0 amide bonds. The first kappa shape index (κ1) is 27.9. The van der Waals surface area contributed by atoms with Crippen molar-refractivity contribution in [2.75, 3.05) is 12.3 Å². The minimum absolute atomic E-state index is 0.0360. The summed E-state index contributed by atoms with van der Waals surface area (Å²) >= 11 is 0. The number of anilines is 1. The van der Waals surface area contributed by atoms with Gasteiger partial charge in [-0.1, -0.05) is 6.92 Å². The number of aliphatic hydroxyl groups excluding tert-OH is 2. The summed E-state index contributed by atoms with van der Waals surface area (Å²) in [6, 6.07) is 0. The molecule has 33 heavy (non-hydrogen) atoms. The molecule has 0 aliphatic rings. The quantitative estimate of drug-likeness (QED) is 0.174. The molecule has 0 saturated carbocycles. The Morgan fingerprint density at radius 2 is 1.73 bits per heavy atom. The summed E-state index contributed by atoms with van der Waals surface area (Å²) in [5.74, 6) is -1.31. The second-order valence-corrected chi connectivity index (χ2v) is 10.9.